The SMILES string of the molecule is CCOC(=O)c1[nH]c2cc(Cl)cc(Cl)c2c1CN1CC(=O)N(c2cc(Cl)cc(Cl)c2)C1=O. The van der Waals surface area contributed by atoms with Gasteiger partial charge in [-0.1, -0.05) is 46.4 Å². The van der Waals surface area contributed by atoms with Gasteiger partial charge in [-0.15, -0.1) is 0 Å². The fourth-order valence-electron chi connectivity index (χ4n) is 3.64. The Bertz CT molecular complexity index is 1250. The van der Waals surface area contributed by atoms with Crippen molar-refractivity contribution in [2.24, 2.45) is 0 Å². The molecule has 1 aromatic heterocycles. The number of fused-ring (bicyclic) bond motifs is 1. The average molecular weight is 515 g/mol. The molecule has 0 unspecified atom stereocenters. The number of halogens is 4. The maximum absolute atomic E-state index is 13.1. The van der Waals surface area contributed by atoms with E-state index < -0.39 is 17.9 Å². The minimum atomic E-state index is -0.609. The summed E-state index contributed by atoms with van der Waals surface area (Å²) in [6.45, 7) is 1.57. The lowest BCUT2D eigenvalue weighted by Gasteiger charge is -2.18. The van der Waals surface area contributed by atoms with Gasteiger partial charge < -0.3 is 14.6 Å². The van der Waals surface area contributed by atoms with Gasteiger partial charge in [-0.2, -0.15) is 0 Å². The molecule has 0 aliphatic carbocycles. The lowest BCUT2D eigenvalue weighted by molar-refractivity contribution is -0.116. The van der Waals surface area contributed by atoms with E-state index in [1.807, 2.05) is 0 Å². The number of imide groups is 1. The number of ether oxygens (including phenoxy) is 1. The number of aromatic amines is 1. The minimum Gasteiger partial charge on any atom is -0.461 e. The van der Waals surface area contributed by atoms with Crippen molar-refractivity contribution in [3.05, 3.63) is 61.7 Å². The number of anilines is 1. The highest BCUT2D eigenvalue weighted by molar-refractivity contribution is 6.39. The third-order valence-corrected chi connectivity index (χ3v) is 5.84. The molecule has 1 aliphatic rings. The lowest BCUT2D eigenvalue weighted by atomic mass is 10.1. The first-order chi connectivity index (χ1) is 15.2. The number of urea groups is 1. The van der Waals surface area contributed by atoms with E-state index in [-0.39, 0.29) is 41.1 Å². The molecule has 4 rings (SSSR count). The van der Waals surface area contributed by atoms with E-state index in [2.05, 4.69) is 4.98 Å². The van der Waals surface area contributed by atoms with Crippen LogP contribution in [0, 0.1) is 0 Å². The number of rotatable bonds is 5. The van der Waals surface area contributed by atoms with Crippen molar-refractivity contribution in [3.63, 3.8) is 0 Å². The summed E-state index contributed by atoms with van der Waals surface area (Å²) < 4.78 is 5.14. The van der Waals surface area contributed by atoms with Gasteiger partial charge in [0, 0.05) is 31.5 Å². The monoisotopic (exact) mass is 513 g/mol. The van der Waals surface area contributed by atoms with E-state index in [9.17, 15) is 14.4 Å². The zero-order valence-electron chi connectivity index (χ0n) is 16.5. The van der Waals surface area contributed by atoms with Crippen molar-refractivity contribution in [1.82, 2.24) is 9.88 Å². The van der Waals surface area contributed by atoms with Crippen molar-refractivity contribution in [2.75, 3.05) is 18.1 Å². The average Bonchev–Trinajstić information content (AvgIpc) is 3.18. The van der Waals surface area contributed by atoms with Crippen LogP contribution in [0.15, 0.2) is 30.3 Å². The van der Waals surface area contributed by atoms with Crippen molar-refractivity contribution in [2.45, 2.75) is 13.5 Å². The smallest absolute Gasteiger partial charge is 0.355 e. The third kappa shape index (κ3) is 4.13. The van der Waals surface area contributed by atoms with Crippen LogP contribution in [0.4, 0.5) is 10.5 Å². The predicted octanol–water partition coefficient (Wildman–Crippen LogP) is 5.93. The first-order valence-corrected chi connectivity index (χ1v) is 11.0. The molecule has 3 aromatic rings. The third-order valence-electron chi connectivity index (χ3n) is 4.89. The summed E-state index contributed by atoms with van der Waals surface area (Å²) in [5.41, 5.74) is 1.33. The second-order valence-corrected chi connectivity index (χ2v) is 8.72. The topological polar surface area (TPSA) is 82.7 Å². The number of benzene rings is 2. The Balaban J connectivity index is 1.74. The number of hydrogen-bond acceptors (Lipinski definition) is 4. The maximum Gasteiger partial charge on any atom is 0.355 e. The van der Waals surface area contributed by atoms with Crippen LogP contribution in [-0.2, 0) is 16.1 Å². The minimum absolute atomic E-state index is 0.0646. The van der Waals surface area contributed by atoms with Gasteiger partial charge >= 0.3 is 12.0 Å². The van der Waals surface area contributed by atoms with Gasteiger partial charge in [0.25, 0.3) is 5.91 Å². The van der Waals surface area contributed by atoms with Gasteiger partial charge in [-0.3, -0.25) is 4.79 Å². The summed E-state index contributed by atoms with van der Waals surface area (Å²) >= 11 is 24.6. The van der Waals surface area contributed by atoms with Gasteiger partial charge in [0.1, 0.15) is 12.2 Å². The molecule has 0 radical (unpaired) electrons. The molecule has 166 valence electrons. The number of esters is 1. The quantitative estimate of drug-likeness (QED) is 0.338. The Hall–Kier alpha value is -2.45. The normalized spacial score (nSPS) is 14.0. The first-order valence-electron chi connectivity index (χ1n) is 9.44. The van der Waals surface area contributed by atoms with Crippen molar-refractivity contribution in [1.29, 1.82) is 0 Å². The van der Waals surface area contributed by atoms with E-state index in [4.69, 9.17) is 51.1 Å². The Kier molecular flexibility index (Phi) is 6.27. The summed E-state index contributed by atoms with van der Waals surface area (Å²) in [6, 6.07) is 7.02. The molecule has 0 atom stereocenters. The fraction of sp³-hybridized carbons (Fsp3) is 0.190. The summed E-state index contributed by atoms with van der Waals surface area (Å²) in [4.78, 5) is 43.6. The van der Waals surface area contributed by atoms with Crippen LogP contribution >= 0.6 is 46.4 Å². The molecule has 1 saturated heterocycles. The van der Waals surface area contributed by atoms with Gasteiger partial charge in [0.2, 0.25) is 0 Å². The largest absolute Gasteiger partial charge is 0.461 e. The fourth-order valence-corrected chi connectivity index (χ4v) is 4.76. The van der Waals surface area contributed by atoms with Gasteiger partial charge in [-0.05, 0) is 37.3 Å². The molecule has 1 N–H and O–H groups in total. The van der Waals surface area contributed by atoms with Crippen LogP contribution in [0.2, 0.25) is 20.1 Å². The molecule has 2 heterocycles. The molecule has 0 spiro atoms. The highest BCUT2D eigenvalue weighted by Crippen LogP contribution is 2.35. The number of nitrogens with zero attached hydrogens (tertiary/aromatic N) is 2. The Morgan fingerprint density at radius 2 is 1.69 bits per heavy atom. The maximum atomic E-state index is 13.1. The molecular weight excluding hydrogens is 500 g/mol. The molecule has 32 heavy (non-hydrogen) atoms. The van der Waals surface area contributed by atoms with E-state index in [1.54, 1.807) is 13.0 Å². The second-order valence-electron chi connectivity index (χ2n) is 7.00. The van der Waals surface area contributed by atoms with E-state index in [0.29, 0.717) is 26.5 Å². The van der Waals surface area contributed by atoms with E-state index >= 15 is 0 Å². The van der Waals surface area contributed by atoms with Crippen molar-refractivity contribution in [3.8, 4) is 0 Å². The predicted molar refractivity (Wildman–Crippen MR) is 124 cm³/mol. The number of carbonyl (C=O) groups is 3. The molecule has 2 aromatic carbocycles. The van der Waals surface area contributed by atoms with Gasteiger partial charge in [0.15, 0.2) is 0 Å². The molecule has 3 amide bonds. The Labute approximate surface area is 202 Å². The molecular formula is C21H15Cl4N3O4. The number of amides is 3. The van der Waals surface area contributed by atoms with Crippen LogP contribution < -0.4 is 4.90 Å². The number of aromatic nitrogens is 1. The number of carbonyl (C=O) groups excluding carboxylic acids is 3. The van der Waals surface area contributed by atoms with E-state index in [1.165, 1.54) is 29.2 Å². The van der Waals surface area contributed by atoms with E-state index in [0.717, 1.165) is 4.90 Å². The van der Waals surface area contributed by atoms with Crippen LogP contribution in [0.5, 0.6) is 0 Å². The summed E-state index contributed by atoms with van der Waals surface area (Å²) in [6.07, 6.45) is 0. The Morgan fingerprint density at radius 1 is 1.03 bits per heavy atom. The van der Waals surface area contributed by atoms with Crippen LogP contribution in [0.25, 0.3) is 10.9 Å². The number of H-pyrrole nitrogens is 1. The highest BCUT2D eigenvalue weighted by atomic mass is 35.5. The zero-order valence-corrected chi connectivity index (χ0v) is 19.6. The molecule has 1 aliphatic heterocycles. The number of nitrogens with one attached hydrogen (secondary N) is 1. The first kappa shape index (κ1) is 22.7. The number of hydrogen-bond donors (Lipinski definition) is 1. The standard InChI is InChI=1S/C21H15Cl4N3O4/c1-2-32-20(30)19-14(18-15(25)6-12(24)7-16(18)26-19)8-27-9-17(29)28(21(27)31)13-4-10(22)3-11(23)5-13/h3-7,26H,2,8-9H2,1H3. The highest BCUT2D eigenvalue weighted by Gasteiger charge is 2.38. The lowest BCUT2D eigenvalue weighted by Crippen LogP contribution is -2.33. The van der Waals surface area contributed by atoms with Crippen LogP contribution in [0.1, 0.15) is 23.0 Å². The second kappa shape index (κ2) is 8.83. The molecule has 0 saturated carbocycles. The molecule has 7 nitrogen and oxygen atoms in total. The summed E-state index contributed by atoms with van der Waals surface area (Å²) in [5.74, 6) is -1.07. The molecule has 1 fully saturated rings. The zero-order chi connectivity index (χ0) is 23.2. The van der Waals surface area contributed by atoms with Crippen LogP contribution in [-0.4, -0.2) is 40.9 Å². The van der Waals surface area contributed by atoms with Crippen LogP contribution in [0.3, 0.4) is 0 Å². The van der Waals surface area contributed by atoms with Crippen molar-refractivity contribution < 1.29 is 19.1 Å². The summed E-state index contributed by atoms with van der Waals surface area (Å²) in [5, 5.41) is 1.77. The van der Waals surface area contributed by atoms with Gasteiger partial charge in [-0.25, -0.2) is 14.5 Å². The molecule has 0 bridgehead atoms. The van der Waals surface area contributed by atoms with Gasteiger partial charge in [0.05, 0.1) is 23.9 Å². The Morgan fingerprint density at radius 3 is 2.34 bits per heavy atom. The molecule has 11 heteroatoms. The summed E-state index contributed by atoms with van der Waals surface area (Å²) in [7, 11) is 0. The van der Waals surface area contributed by atoms with Crippen molar-refractivity contribution >= 4 is 80.9 Å².